The second kappa shape index (κ2) is 8.11. The molecule has 0 fully saturated rings. The van der Waals surface area contributed by atoms with Crippen molar-refractivity contribution in [2.24, 2.45) is 5.92 Å². The van der Waals surface area contributed by atoms with E-state index in [1.54, 1.807) is 24.3 Å². The zero-order valence-electron chi connectivity index (χ0n) is 12.1. The van der Waals surface area contributed by atoms with Gasteiger partial charge in [0.2, 0.25) is 10.0 Å². The molecule has 0 atom stereocenters. The Labute approximate surface area is 121 Å². The minimum absolute atomic E-state index is 0.0441. The third kappa shape index (κ3) is 6.25. The molecule has 20 heavy (non-hydrogen) atoms. The molecule has 114 valence electrons. The minimum Gasteiger partial charge on any atom is -0.492 e. The maximum absolute atomic E-state index is 11.8. The average Bonchev–Trinajstić information content (AvgIpc) is 2.42. The first-order valence-corrected chi connectivity index (χ1v) is 8.57. The van der Waals surface area contributed by atoms with Crippen LogP contribution >= 0.6 is 0 Å². The maximum atomic E-state index is 11.8. The van der Waals surface area contributed by atoms with Crippen LogP contribution in [0.3, 0.4) is 0 Å². The van der Waals surface area contributed by atoms with Crippen LogP contribution in [0.15, 0.2) is 24.3 Å². The summed E-state index contributed by atoms with van der Waals surface area (Å²) in [5.41, 5.74) is 6.21. The van der Waals surface area contributed by atoms with Gasteiger partial charge in [-0.05, 0) is 30.2 Å². The van der Waals surface area contributed by atoms with Crippen LogP contribution in [0.25, 0.3) is 0 Å². The Bertz CT molecular complexity index is 482. The molecule has 0 saturated heterocycles. The van der Waals surface area contributed by atoms with Crippen LogP contribution in [0, 0.1) is 5.92 Å². The van der Waals surface area contributed by atoms with Crippen molar-refractivity contribution in [3.63, 3.8) is 0 Å². The van der Waals surface area contributed by atoms with Gasteiger partial charge in [0.15, 0.2) is 0 Å². The van der Waals surface area contributed by atoms with Crippen molar-refractivity contribution in [1.29, 1.82) is 0 Å². The summed E-state index contributed by atoms with van der Waals surface area (Å²) in [6, 6.07) is 6.88. The Balaban J connectivity index is 2.34. The summed E-state index contributed by atoms with van der Waals surface area (Å²) in [6.45, 7) is 4.75. The highest BCUT2D eigenvalue weighted by molar-refractivity contribution is 7.89. The first kappa shape index (κ1) is 16.8. The molecule has 1 aromatic carbocycles. The van der Waals surface area contributed by atoms with Crippen LogP contribution < -0.4 is 15.2 Å². The lowest BCUT2D eigenvalue weighted by molar-refractivity contribution is 0.340. The van der Waals surface area contributed by atoms with Crippen molar-refractivity contribution >= 4 is 15.7 Å². The summed E-state index contributed by atoms with van der Waals surface area (Å²) in [5.74, 6) is 0.967. The standard InChI is InChI=1S/C14H24N2O3S/c1-3-12(4-2)11-16-20(17,18)10-9-19-14-7-5-13(15)6-8-14/h5-8,12,16H,3-4,9-11,15H2,1-2H3. The zero-order valence-corrected chi connectivity index (χ0v) is 12.9. The van der Waals surface area contributed by atoms with Gasteiger partial charge in [-0.25, -0.2) is 13.1 Å². The van der Waals surface area contributed by atoms with E-state index in [2.05, 4.69) is 18.6 Å². The number of nitrogen functional groups attached to an aromatic ring is 1. The molecule has 0 bridgehead atoms. The Kier molecular flexibility index (Phi) is 6.81. The molecule has 6 heteroatoms. The molecule has 0 amide bonds. The summed E-state index contributed by atoms with van der Waals surface area (Å²) < 4.78 is 31.6. The molecule has 0 aliphatic carbocycles. The number of nitrogens with one attached hydrogen (secondary N) is 1. The van der Waals surface area contributed by atoms with E-state index in [9.17, 15) is 8.42 Å². The van der Waals surface area contributed by atoms with Crippen molar-refractivity contribution in [2.45, 2.75) is 26.7 Å². The third-order valence-corrected chi connectivity index (χ3v) is 4.56. The molecule has 5 nitrogen and oxygen atoms in total. The predicted octanol–water partition coefficient (Wildman–Crippen LogP) is 2.00. The first-order chi connectivity index (χ1) is 9.46. The quantitative estimate of drug-likeness (QED) is 0.683. The van der Waals surface area contributed by atoms with Crippen molar-refractivity contribution in [3.05, 3.63) is 24.3 Å². The van der Waals surface area contributed by atoms with Gasteiger partial charge in [0.1, 0.15) is 12.4 Å². The molecule has 3 N–H and O–H groups in total. The molecular weight excluding hydrogens is 276 g/mol. The van der Waals surface area contributed by atoms with Gasteiger partial charge >= 0.3 is 0 Å². The summed E-state index contributed by atoms with van der Waals surface area (Å²) in [4.78, 5) is 0. The van der Waals surface area contributed by atoms with Crippen LogP contribution in [-0.4, -0.2) is 27.3 Å². The number of hydrogen-bond acceptors (Lipinski definition) is 4. The normalized spacial score (nSPS) is 11.8. The average molecular weight is 300 g/mol. The maximum Gasteiger partial charge on any atom is 0.214 e. The highest BCUT2D eigenvalue weighted by atomic mass is 32.2. The Morgan fingerprint density at radius 1 is 1.20 bits per heavy atom. The SMILES string of the molecule is CCC(CC)CNS(=O)(=O)CCOc1ccc(N)cc1. The number of benzene rings is 1. The fourth-order valence-electron chi connectivity index (χ4n) is 1.73. The van der Waals surface area contributed by atoms with E-state index < -0.39 is 10.0 Å². The molecule has 0 spiro atoms. The van der Waals surface area contributed by atoms with Crippen LogP contribution in [0.1, 0.15) is 26.7 Å². The van der Waals surface area contributed by atoms with Crippen LogP contribution in [0.5, 0.6) is 5.75 Å². The van der Waals surface area contributed by atoms with Crippen molar-refractivity contribution in [3.8, 4) is 5.75 Å². The minimum atomic E-state index is -3.27. The third-order valence-electron chi connectivity index (χ3n) is 3.25. The molecule has 0 saturated carbocycles. The van der Waals surface area contributed by atoms with Gasteiger partial charge in [-0.3, -0.25) is 0 Å². The smallest absolute Gasteiger partial charge is 0.214 e. The lowest BCUT2D eigenvalue weighted by atomic mass is 10.0. The van der Waals surface area contributed by atoms with Gasteiger partial charge in [0, 0.05) is 12.2 Å². The molecule has 0 aliphatic rings. The van der Waals surface area contributed by atoms with Gasteiger partial charge in [-0.2, -0.15) is 0 Å². The van der Waals surface area contributed by atoms with Crippen molar-refractivity contribution in [1.82, 2.24) is 4.72 Å². The van der Waals surface area contributed by atoms with Crippen LogP contribution in [0.2, 0.25) is 0 Å². The topological polar surface area (TPSA) is 81.4 Å². The molecule has 1 rings (SSSR count). The Morgan fingerprint density at radius 3 is 2.35 bits per heavy atom. The van der Waals surface area contributed by atoms with Crippen LogP contribution in [0.4, 0.5) is 5.69 Å². The van der Waals surface area contributed by atoms with Crippen molar-refractivity contribution < 1.29 is 13.2 Å². The summed E-state index contributed by atoms with van der Waals surface area (Å²) in [6.07, 6.45) is 1.95. The highest BCUT2D eigenvalue weighted by Gasteiger charge is 2.12. The molecule has 0 radical (unpaired) electrons. The van der Waals surface area contributed by atoms with Gasteiger partial charge in [-0.15, -0.1) is 0 Å². The van der Waals surface area contributed by atoms with E-state index >= 15 is 0 Å². The van der Waals surface area contributed by atoms with E-state index in [4.69, 9.17) is 10.5 Å². The molecule has 0 heterocycles. The Hall–Kier alpha value is -1.27. The fourth-order valence-corrected chi connectivity index (χ4v) is 2.66. The highest BCUT2D eigenvalue weighted by Crippen LogP contribution is 2.13. The number of ether oxygens (including phenoxy) is 1. The van der Waals surface area contributed by atoms with E-state index in [1.165, 1.54) is 0 Å². The number of anilines is 1. The molecule has 0 unspecified atom stereocenters. The zero-order chi connectivity index (χ0) is 15.0. The van der Waals surface area contributed by atoms with E-state index in [1.807, 2.05) is 0 Å². The Morgan fingerprint density at radius 2 is 1.80 bits per heavy atom. The molecule has 0 aliphatic heterocycles. The van der Waals surface area contributed by atoms with Gasteiger partial charge in [0.05, 0.1) is 5.75 Å². The predicted molar refractivity (Wildman–Crippen MR) is 82.2 cm³/mol. The second-order valence-corrected chi connectivity index (χ2v) is 6.69. The molecule has 1 aromatic rings. The lowest BCUT2D eigenvalue weighted by Gasteiger charge is -2.13. The number of nitrogens with two attached hydrogens (primary N) is 1. The summed E-state index contributed by atoms with van der Waals surface area (Å²) in [7, 11) is -3.27. The van der Waals surface area contributed by atoms with Gasteiger partial charge in [-0.1, -0.05) is 26.7 Å². The second-order valence-electron chi connectivity index (χ2n) is 4.77. The summed E-state index contributed by atoms with van der Waals surface area (Å²) in [5, 5.41) is 0. The lowest BCUT2D eigenvalue weighted by Crippen LogP contribution is -2.32. The van der Waals surface area contributed by atoms with E-state index in [0.29, 0.717) is 23.9 Å². The van der Waals surface area contributed by atoms with Crippen molar-refractivity contribution in [2.75, 3.05) is 24.6 Å². The first-order valence-electron chi connectivity index (χ1n) is 6.92. The summed E-state index contributed by atoms with van der Waals surface area (Å²) >= 11 is 0. The van der Waals surface area contributed by atoms with Gasteiger partial charge in [0.25, 0.3) is 0 Å². The molecule has 0 aromatic heterocycles. The van der Waals surface area contributed by atoms with Crippen LogP contribution in [-0.2, 0) is 10.0 Å². The van der Waals surface area contributed by atoms with E-state index in [-0.39, 0.29) is 12.4 Å². The monoisotopic (exact) mass is 300 g/mol. The number of rotatable bonds is 9. The van der Waals surface area contributed by atoms with Gasteiger partial charge < -0.3 is 10.5 Å². The fraction of sp³-hybridized carbons (Fsp3) is 0.571. The van der Waals surface area contributed by atoms with E-state index in [0.717, 1.165) is 12.8 Å². The number of hydrogen-bond donors (Lipinski definition) is 2. The largest absolute Gasteiger partial charge is 0.492 e. The molecular formula is C14H24N2O3S. The number of sulfonamides is 1.